The minimum atomic E-state index is -2.12. The summed E-state index contributed by atoms with van der Waals surface area (Å²) in [6.07, 6.45) is 0. The fraction of sp³-hybridized carbons (Fsp3) is 0.333. The normalized spacial score (nSPS) is 11.8. The van der Waals surface area contributed by atoms with Crippen LogP contribution in [0, 0.1) is 0 Å². The predicted octanol–water partition coefficient (Wildman–Crippen LogP) is 2.34. The Morgan fingerprint density at radius 2 is 1.33 bits per heavy atom. The van der Waals surface area contributed by atoms with E-state index in [1.54, 1.807) is 0 Å². The highest BCUT2D eigenvalue weighted by molar-refractivity contribution is 6.97. The molecule has 0 saturated heterocycles. The first-order valence-electron chi connectivity index (χ1n) is 7.59. The molecule has 0 atom stereocenters. The molecule has 0 radical (unpaired) electrons. The van der Waals surface area contributed by atoms with E-state index in [4.69, 9.17) is 4.43 Å². The van der Waals surface area contributed by atoms with E-state index in [0.29, 0.717) is 0 Å². The second-order valence-corrected chi connectivity index (χ2v) is 9.37. The molecule has 0 aliphatic carbocycles. The molecule has 21 heavy (non-hydrogen) atoms. The van der Waals surface area contributed by atoms with Crippen molar-refractivity contribution in [2.45, 2.75) is 13.0 Å². The second-order valence-electron chi connectivity index (χ2n) is 5.56. The van der Waals surface area contributed by atoms with Crippen LogP contribution in [-0.4, -0.2) is 40.5 Å². The van der Waals surface area contributed by atoms with E-state index in [-0.39, 0.29) is 0 Å². The molecule has 2 nitrogen and oxygen atoms in total. The summed E-state index contributed by atoms with van der Waals surface area (Å²) >= 11 is 0. The summed E-state index contributed by atoms with van der Waals surface area (Å²) in [6.45, 7) is 3.98. The van der Waals surface area contributed by atoms with Crippen LogP contribution in [-0.2, 0) is 4.43 Å². The molecule has 112 valence electrons. The number of benzene rings is 2. The topological polar surface area (TPSA) is 12.5 Å². The lowest BCUT2D eigenvalue weighted by Gasteiger charge is -2.32. The highest BCUT2D eigenvalue weighted by Crippen LogP contribution is 2.13. The molecule has 0 bridgehead atoms. The Labute approximate surface area is 129 Å². The summed E-state index contributed by atoms with van der Waals surface area (Å²) < 4.78 is 6.56. The lowest BCUT2D eigenvalue weighted by molar-refractivity contribution is 0.259. The van der Waals surface area contributed by atoms with E-state index >= 15 is 0 Å². The molecule has 0 aromatic heterocycles. The SMILES string of the molecule is CC[Si](OCCN(C)C)(c1ccccc1)c1ccccc1. The lowest BCUT2D eigenvalue weighted by Crippen LogP contribution is -2.60. The van der Waals surface area contributed by atoms with Gasteiger partial charge in [0.2, 0.25) is 0 Å². The number of rotatable bonds is 7. The molecule has 0 saturated carbocycles. The van der Waals surface area contributed by atoms with Crippen LogP contribution in [0.2, 0.25) is 6.04 Å². The molecule has 2 aromatic rings. The third-order valence-corrected chi connectivity index (χ3v) is 8.09. The molecule has 2 aromatic carbocycles. The Kier molecular flexibility index (Phi) is 5.73. The first kappa shape index (κ1) is 16.0. The summed E-state index contributed by atoms with van der Waals surface area (Å²) in [5, 5.41) is 2.72. The maximum Gasteiger partial charge on any atom is 0.255 e. The zero-order valence-electron chi connectivity index (χ0n) is 13.3. The Hall–Kier alpha value is -1.42. The molecular formula is C18H25NOSi. The molecule has 0 amide bonds. The Morgan fingerprint density at radius 1 is 0.857 bits per heavy atom. The third kappa shape index (κ3) is 3.82. The fourth-order valence-electron chi connectivity index (χ4n) is 2.66. The Morgan fingerprint density at radius 3 is 1.71 bits per heavy atom. The van der Waals surface area contributed by atoms with Gasteiger partial charge in [0, 0.05) is 13.2 Å². The van der Waals surface area contributed by atoms with Gasteiger partial charge >= 0.3 is 0 Å². The minimum absolute atomic E-state index is 0.775. The number of hydrogen-bond donors (Lipinski definition) is 0. The van der Waals surface area contributed by atoms with E-state index in [9.17, 15) is 0 Å². The summed E-state index contributed by atoms with van der Waals surface area (Å²) in [6, 6.07) is 22.5. The number of likely N-dealkylation sites (N-methyl/N-ethyl adjacent to an activating group) is 1. The van der Waals surface area contributed by atoms with Crippen molar-refractivity contribution >= 4 is 18.7 Å². The standard InChI is InChI=1S/C18H25NOSi/c1-4-21(20-16-15-19(2)3,17-11-7-5-8-12-17)18-13-9-6-10-14-18/h5-14H,4,15-16H2,1-3H3. The van der Waals surface area contributed by atoms with Gasteiger partial charge in [0.15, 0.2) is 0 Å². The molecule has 3 heteroatoms. The van der Waals surface area contributed by atoms with Gasteiger partial charge in [-0.3, -0.25) is 0 Å². The van der Waals surface area contributed by atoms with Gasteiger partial charge in [-0.15, -0.1) is 0 Å². The first-order chi connectivity index (χ1) is 10.2. The van der Waals surface area contributed by atoms with Crippen molar-refractivity contribution in [3.05, 3.63) is 60.7 Å². The zero-order chi connectivity index (χ0) is 15.1. The quantitative estimate of drug-likeness (QED) is 0.728. The summed E-state index contributed by atoms with van der Waals surface area (Å²) in [5.41, 5.74) is 0. The van der Waals surface area contributed by atoms with E-state index in [1.807, 2.05) is 0 Å². The van der Waals surface area contributed by atoms with Crippen LogP contribution in [0.25, 0.3) is 0 Å². The van der Waals surface area contributed by atoms with Gasteiger partial charge < -0.3 is 9.33 Å². The van der Waals surface area contributed by atoms with Gasteiger partial charge in [-0.05, 0) is 30.5 Å². The average molecular weight is 299 g/mol. The fourth-order valence-corrected chi connectivity index (χ4v) is 6.25. The van der Waals surface area contributed by atoms with Crippen molar-refractivity contribution in [2.75, 3.05) is 27.2 Å². The van der Waals surface area contributed by atoms with Crippen molar-refractivity contribution in [1.29, 1.82) is 0 Å². The molecular weight excluding hydrogens is 274 g/mol. The van der Waals surface area contributed by atoms with Gasteiger partial charge in [0.25, 0.3) is 8.32 Å². The van der Waals surface area contributed by atoms with Crippen molar-refractivity contribution in [3.8, 4) is 0 Å². The smallest absolute Gasteiger partial charge is 0.255 e. The van der Waals surface area contributed by atoms with Crippen LogP contribution in [0.1, 0.15) is 6.92 Å². The van der Waals surface area contributed by atoms with Gasteiger partial charge in [-0.1, -0.05) is 67.6 Å². The lowest BCUT2D eigenvalue weighted by atomic mass is 10.4. The molecule has 0 heterocycles. The van der Waals surface area contributed by atoms with E-state index in [2.05, 4.69) is 86.6 Å². The predicted molar refractivity (Wildman–Crippen MR) is 92.9 cm³/mol. The average Bonchev–Trinajstić information content (AvgIpc) is 2.53. The van der Waals surface area contributed by atoms with E-state index < -0.39 is 8.32 Å². The number of nitrogens with zero attached hydrogens (tertiary/aromatic N) is 1. The van der Waals surface area contributed by atoms with Crippen LogP contribution >= 0.6 is 0 Å². The second kappa shape index (κ2) is 7.55. The molecule has 0 spiro atoms. The molecule has 2 rings (SSSR count). The highest BCUT2D eigenvalue weighted by Gasteiger charge is 2.37. The van der Waals surface area contributed by atoms with Gasteiger partial charge in [0.1, 0.15) is 0 Å². The largest absolute Gasteiger partial charge is 0.407 e. The van der Waals surface area contributed by atoms with Gasteiger partial charge in [0.05, 0.1) is 0 Å². The Bertz CT molecular complexity index is 488. The zero-order valence-corrected chi connectivity index (χ0v) is 14.3. The van der Waals surface area contributed by atoms with E-state index in [0.717, 1.165) is 19.2 Å². The molecule has 0 aliphatic rings. The highest BCUT2D eigenvalue weighted by atomic mass is 28.4. The first-order valence-corrected chi connectivity index (χ1v) is 9.70. The number of hydrogen-bond acceptors (Lipinski definition) is 2. The monoisotopic (exact) mass is 299 g/mol. The van der Waals surface area contributed by atoms with Crippen molar-refractivity contribution < 1.29 is 4.43 Å². The minimum Gasteiger partial charge on any atom is -0.407 e. The molecule has 0 fully saturated rings. The Balaban J connectivity index is 2.37. The summed E-state index contributed by atoms with van der Waals surface area (Å²) in [5.74, 6) is 0. The third-order valence-electron chi connectivity index (χ3n) is 3.87. The van der Waals surface area contributed by atoms with Crippen molar-refractivity contribution in [2.24, 2.45) is 0 Å². The van der Waals surface area contributed by atoms with E-state index in [1.165, 1.54) is 10.4 Å². The molecule has 0 aliphatic heterocycles. The van der Waals surface area contributed by atoms with Crippen molar-refractivity contribution in [1.82, 2.24) is 4.90 Å². The van der Waals surface area contributed by atoms with Gasteiger partial charge in [-0.2, -0.15) is 0 Å². The van der Waals surface area contributed by atoms with Crippen LogP contribution < -0.4 is 10.4 Å². The molecule has 0 N–H and O–H groups in total. The van der Waals surface area contributed by atoms with Gasteiger partial charge in [-0.25, -0.2) is 0 Å². The maximum absolute atomic E-state index is 6.56. The van der Waals surface area contributed by atoms with Crippen LogP contribution in [0.3, 0.4) is 0 Å². The summed E-state index contributed by atoms with van der Waals surface area (Å²) in [4.78, 5) is 2.17. The molecule has 0 unspecified atom stereocenters. The van der Waals surface area contributed by atoms with Crippen LogP contribution in [0.4, 0.5) is 0 Å². The summed E-state index contributed by atoms with van der Waals surface area (Å²) in [7, 11) is 2.06. The maximum atomic E-state index is 6.56. The van der Waals surface area contributed by atoms with Crippen molar-refractivity contribution in [3.63, 3.8) is 0 Å². The van der Waals surface area contributed by atoms with Crippen LogP contribution in [0.5, 0.6) is 0 Å². The van der Waals surface area contributed by atoms with Crippen LogP contribution in [0.15, 0.2) is 60.7 Å².